The van der Waals surface area contributed by atoms with Crippen LogP contribution in [0.15, 0.2) is 30.3 Å². The summed E-state index contributed by atoms with van der Waals surface area (Å²) in [6.07, 6.45) is -0.431. The molecular weight excluding hydrogens is 214 g/mol. The first-order chi connectivity index (χ1) is 8.31. The molecule has 2 atom stereocenters. The first-order valence-corrected chi connectivity index (χ1v) is 6.19. The summed E-state index contributed by atoms with van der Waals surface area (Å²) in [5.41, 5.74) is 6.78. The largest absolute Gasteiger partial charge is 0.390 e. The minimum atomic E-state index is -0.431. The average molecular weight is 235 g/mol. The van der Waals surface area contributed by atoms with Crippen LogP contribution in [0, 0.1) is 0 Å². The SMILES string of the molecule is NCC(O)CN1CCNCC1c1ccccc1. The molecule has 0 amide bonds. The average Bonchev–Trinajstić information content (AvgIpc) is 2.40. The number of hydrogen-bond donors (Lipinski definition) is 3. The summed E-state index contributed by atoms with van der Waals surface area (Å²) >= 11 is 0. The van der Waals surface area contributed by atoms with Crippen LogP contribution >= 0.6 is 0 Å². The van der Waals surface area contributed by atoms with E-state index in [9.17, 15) is 5.11 Å². The van der Waals surface area contributed by atoms with Gasteiger partial charge in [0.05, 0.1) is 6.10 Å². The molecule has 0 spiro atoms. The fourth-order valence-corrected chi connectivity index (χ4v) is 2.31. The maximum atomic E-state index is 9.69. The first-order valence-electron chi connectivity index (χ1n) is 6.19. The number of nitrogens with one attached hydrogen (secondary N) is 1. The Hall–Kier alpha value is -0.940. The fraction of sp³-hybridized carbons (Fsp3) is 0.538. The predicted molar refractivity (Wildman–Crippen MR) is 68.7 cm³/mol. The third-order valence-electron chi connectivity index (χ3n) is 3.26. The summed E-state index contributed by atoms with van der Waals surface area (Å²) in [5, 5.41) is 13.1. The number of β-amino-alcohol motifs (C(OH)–C–C–N with tert-alkyl or cyclic N) is 1. The van der Waals surface area contributed by atoms with Crippen LogP contribution in [-0.4, -0.2) is 48.8 Å². The van der Waals surface area contributed by atoms with Crippen LogP contribution in [0.3, 0.4) is 0 Å². The minimum Gasteiger partial charge on any atom is -0.390 e. The lowest BCUT2D eigenvalue weighted by molar-refractivity contribution is 0.0780. The Morgan fingerprint density at radius 1 is 1.41 bits per heavy atom. The zero-order valence-electron chi connectivity index (χ0n) is 10.0. The van der Waals surface area contributed by atoms with Crippen molar-refractivity contribution >= 4 is 0 Å². The molecule has 0 aliphatic carbocycles. The second kappa shape index (κ2) is 6.12. The number of hydrogen-bond acceptors (Lipinski definition) is 4. The van der Waals surface area contributed by atoms with Crippen molar-refractivity contribution in [2.24, 2.45) is 5.73 Å². The molecule has 0 saturated carbocycles. The Labute approximate surface area is 102 Å². The predicted octanol–water partition coefficient (Wildman–Crippen LogP) is -0.0475. The van der Waals surface area contributed by atoms with E-state index in [2.05, 4.69) is 34.5 Å². The molecule has 94 valence electrons. The van der Waals surface area contributed by atoms with Crippen molar-refractivity contribution in [3.05, 3.63) is 35.9 Å². The zero-order chi connectivity index (χ0) is 12.1. The molecule has 17 heavy (non-hydrogen) atoms. The van der Waals surface area contributed by atoms with Crippen LogP contribution < -0.4 is 11.1 Å². The van der Waals surface area contributed by atoms with Crippen LogP contribution in [0.1, 0.15) is 11.6 Å². The molecule has 4 nitrogen and oxygen atoms in total. The van der Waals surface area contributed by atoms with Gasteiger partial charge in [0.15, 0.2) is 0 Å². The van der Waals surface area contributed by atoms with Crippen LogP contribution in [0.25, 0.3) is 0 Å². The van der Waals surface area contributed by atoms with Gasteiger partial charge in [-0.15, -0.1) is 0 Å². The van der Waals surface area contributed by atoms with E-state index < -0.39 is 6.10 Å². The molecule has 1 saturated heterocycles. The van der Waals surface area contributed by atoms with Crippen LogP contribution in [0.4, 0.5) is 0 Å². The molecule has 0 radical (unpaired) electrons. The molecular formula is C13H21N3O. The van der Waals surface area contributed by atoms with Crippen molar-refractivity contribution in [1.82, 2.24) is 10.2 Å². The minimum absolute atomic E-state index is 0.325. The van der Waals surface area contributed by atoms with Gasteiger partial charge >= 0.3 is 0 Å². The highest BCUT2D eigenvalue weighted by atomic mass is 16.3. The van der Waals surface area contributed by atoms with Gasteiger partial charge in [-0.2, -0.15) is 0 Å². The van der Waals surface area contributed by atoms with Gasteiger partial charge in [-0.1, -0.05) is 30.3 Å². The number of benzene rings is 1. The van der Waals surface area contributed by atoms with Crippen molar-refractivity contribution < 1.29 is 5.11 Å². The zero-order valence-corrected chi connectivity index (χ0v) is 10.0. The lowest BCUT2D eigenvalue weighted by Gasteiger charge is -2.37. The summed E-state index contributed by atoms with van der Waals surface area (Å²) in [4.78, 5) is 2.31. The summed E-state index contributed by atoms with van der Waals surface area (Å²) < 4.78 is 0. The number of rotatable bonds is 4. The maximum Gasteiger partial charge on any atom is 0.0789 e. The first kappa shape index (κ1) is 12.5. The third kappa shape index (κ3) is 3.26. The molecule has 1 fully saturated rings. The molecule has 1 aliphatic heterocycles. The van der Waals surface area contributed by atoms with Gasteiger partial charge in [0.2, 0.25) is 0 Å². The van der Waals surface area contributed by atoms with E-state index in [1.165, 1.54) is 5.56 Å². The van der Waals surface area contributed by atoms with E-state index in [0.717, 1.165) is 19.6 Å². The Bertz CT molecular complexity index is 331. The molecule has 2 unspecified atom stereocenters. The number of nitrogens with zero attached hydrogens (tertiary/aromatic N) is 1. The number of nitrogens with two attached hydrogens (primary N) is 1. The molecule has 4 N–H and O–H groups in total. The molecule has 1 aromatic rings. The van der Waals surface area contributed by atoms with E-state index >= 15 is 0 Å². The van der Waals surface area contributed by atoms with Crippen molar-refractivity contribution in [1.29, 1.82) is 0 Å². The van der Waals surface area contributed by atoms with E-state index in [1.807, 2.05) is 6.07 Å². The second-order valence-corrected chi connectivity index (χ2v) is 4.52. The van der Waals surface area contributed by atoms with Crippen molar-refractivity contribution in [2.45, 2.75) is 12.1 Å². The topological polar surface area (TPSA) is 61.5 Å². The van der Waals surface area contributed by atoms with Gasteiger partial charge in [0, 0.05) is 38.8 Å². The summed E-state index contributed by atoms with van der Waals surface area (Å²) in [7, 11) is 0. The summed E-state index contributed by atoms with van der Waals surface area (Å²) in [5.74, 6) is 0. The second-order valence-electron chi connectivity index (χ2n) is 4.52. The van der Waals surface area contributed by atoms with E-state index in [-0.39, 0.29) is 0 Å². The van der Waals surface area contributed by atoms with Crippen molar-refractivity contribution in [3.63, 3.8) is 0 Å². The summed E-state index contributed by atoms with van der Waals surface area (Å²) in [6.45, 7) is 3.84. The quantitative estimate of drug-likeness (QED) is 0.685. The molecule has 1 aliphatic rings. The smallest absolute Gasteiger partial charge is 0.0789 e. The standard InChI is InChI=1S/C13H21N3O/c14-8-12(17)10-16-7-6-15-9-13(16)11-4-2-1-3-5-11/h1-5,12-13,15,17H,6-10,14H2. The van der Waals surface area contributed by atoms with E-state index in [4.69, 9.17) is 5.73 Å². The Kier molecular flexibility index (Phi) is 4.50. The number of aliphatic hydroxyl groups excluding tert-OH is 1. The van der Waals surface area contributed by atoms with Crippen LogP contribution in [0.5, 0.6) is 0 Å². The van der Waals surface area contributed by atoms with Gasteiger partial charge in [0.25, 0.3) is 0 Å². The van der Waals surface area contributed by atoms with Gasteiger partial charge in [-0.25, -0.2) is 0 Å². The Morgan fingerprint density at radius 2 is 2.18 bits per heavy atom. The Balaban J connectivity index is 2.07. The van der Waals surface area contributed by atoms with Gasteiger partial charge < -0.3 is 16.2 Å². The molecule has 4 heteroatoms. The monoisotopic (exact) mass is 235 g/mol. The fourth-order valence-electron chi connectivity index (χ4n) is 2.31. The molecule has 2 rings (SSSR count). The molecule has 0 bridgehead atoms. The Morgan fingerprint density at radius 3 is 2.88 bits per heavy atom. The van der Waals surface area contributed by atoms with Gasteiger partial charge in [0.1, 0.15) is 0 Å². The number of piperazine rings is 1. The van der Waals surface area contributed by atoms with Gasteiger partial charge in [-0.3, -0.25) is 4.90 Å². The van der Waals surface area contributed by atoms with Crippen LogP contribution in [0.2, 0.25) is 0 Å². The van der Waals surface area contributed by atoms with Crippen LogP contribution in [-0.2, 0) is 0 Å². The molecule has 0 aromatic heterocycles. The van der Waals surface area contributed by atoms with E-state index in [0.29, 0.717) is 19.1 Å². The maximum absolute atomic E-state index is 9.69. The normalized spacial score (nSPS) is 23.5. The highest BCUT2D eigenvalue weighted by Gasteiger charge is 2.24. The van der Waals surface area contributed by atoms with Crippen molar-refractivity contribution in [3.8, 4) is 0 Å². The number of aliphatic hydroxyl groups is 1. The lowest BCUT2D eigenvalue weighted by Crippen LogP contribution is -2.49. The highest BCUT2D eigenvalue weighted by molar-refractivity contribution is 5.20. The molecule has 1 heterocycles. The molecule has 1 aromatic carbocycles. The van der Waals surface area contributed by atoms with Gasteiger partial charge in [-0.05, 0) is 5.56 Å². The highest BCUT2D eigenvalue weighted by Crippen LogP contribution is 2.21. The lowest BCUT2D eigenvalue weighted by atomic mass is 10.0. The van der Waals surface area contributed by atoms with E-state index in [1.54, 1.807) is 0 Å². The van der Waals surface area contributed by atoms with Crippen molar-refractivity contribution in [2.75, 3.05) is 32.7 Å². The summed E-state index contributed by atoms with van der Waals surface area (Å²) in [6, 6.07) is 10.8. The third-order valence-corrected chi connectivity index (χ3v) is 3.26.